The van der Waals surface area contributed by atoms with Crippen molar-refractivity contribution in [2.24, 2.45) is 11.8 Å². The van der Waals surface area contributed by atoms with Crippen LogP contribution in [0, 0.1) is 11.8 Å². The summed E-state index contributed by atoms with van der Waals surface area (Å²) in [6.45, 7) is 7.33. The minimum atomic E-state index is 0.386. The zero-order valence-electron chi connectivity index (χ0n) is 26.6. The number of unbranched alkanes of at least 4 members (excludes halogenated alkanes) is 18. The topological polar surface area (TPSA) is 20.2 Å². The number of rotatable bonds is 33. The molecule has 0 heterocycles. The lowest BCUT2D eigenvalue weighted by Crippen LogP contribution is -2.11. The van der Waals surface area contributed by atoms with E-state index in [2.05, 4.69) is 44.3 Å². The summed E-state index contributed by atoms with van der Waals surface area (Å²) >= 11 is 4.32. The molecule has 0 radical (unpaired) electrons. The molecule has 0 aromatic heterocycles. The third-order valence-corrected chi connectivity index (χ3v) is 10.7. The molecule has 0 aliphatic heterocycles. The van der Waals surface area contributed by atoms with Crippen LogP contribution in [0.3, 0.4) is 0 Å². The number of thioether (sulfide) groups is 2. The molecule has 0 aromatic carbocycles. The summed E-state index contributed by atoms with van der Waals surface area (Å²) in [5.41, 5.74) is 0. The standard InChI is InChI=1S/C35H72OS2/c1-4-7-9-11-13-15-17-19-21-23-29-37-32-34(26-6-3)27-25-28-35(31-36)33-38-30-24-22-20-18-16-14-12-10-8-5-2/h34-36H,4-33H2,1-3H3. The lowest BCUT2D eigenvalue weighted by molar-refractivity contribution is 0.228. The Hall–Kier alpha value is 0.660. The van der Waals surface area contributed by atoms with Crippen molar-refractivity contribution in [3.8, 4) is 0 Å². The normalized spacial score (nSPS) is 13.3. The Kier molecular flexibility index (Phi) is 34.5. The predicted molar refractivity (Wildman–Crippen MR) is 181 cm³/mol. The van der Waals surface area contributed by atoms with Crippen molar-refractivity contribution in [2.45, 2.75) is 181 Å². The van der Waals surface area contributed by atoms with Crippen LogP contribution >= 0.6 is 23.5 Å². The Balaban J connectivity index is 3.62. The smallest absolute Gasteiger partial charge is 0.0467 e. The zero-order chi connectivity index (χ0) is 27.8. The maximum atomic E-state index is 9.88. The van der Waals surface area contributed by atoms with Gasteiger partial charge in [-0.25, -0.2) is 0 Å². The Bertz CT molecular complexity index is 417. The van der Waals surface area contributed by atoms with Gasteiger partial charge in [0.25, 0.3) is 0 Å². The second-order valence-corrected chi connectivity index (χ2v) is 14.4. The minimum Gasteiger partial charge on any atom is -0.396 e. The van der Waals surface area contributed by atoms with E-state index in [0.717, 1.165) is 5.92 Å². The van der Waals surface area contributed by atoms with Crippen molar-refractivity contribution in [2.75, 3.05) is 29.6 Å². The van der Waals surface area contributed by atoms with Crippen LogP contribution in [0.15, 0.2) is 0 Å². The minimum absolute atomic E-state index is 0.386. The quantitative estimate of drug-likeness (QED) is 0.0790. The van der Waals surface area contributed by atoms with Crippen LogP contribution in [-0.4, -0.2) is 34.7 Å². The Labute approximate surface area is 250 Å². The molecule has 0 aromatic rings. The maximum Gasteiger partial charge on any atom is 0.0467 e. The predicted octanol–water partition coefficient (Wildman–Crippen LogP) is 12.5. The van der Waals surface area contributed by atoms with Crippen molar-refractivity contribution in [1.29, 1.82) is 0 Å². The van der Waals surface area contributed by atoms with E-state index in [1.54, 1.807) is 0 Å². The van der Waals surface area contributed by atoms with Crippen molar-refractivity contribution >= 4 is 23.5 Å². The summed E-state index contributed by atoms with van der Waals surface area (Å²) < 4.78 is 0. The van der Waals surface area contributed by atoms with Crippen LogP contribution in [0.4, 0.5) is 0 Å². The van der Waals surface area contributed by atoms with E-state index in [-0.39, 0.29) is 0 Å². The van der Waals surface area contributed by atoms with E-state index in [1.807, 2.05) is 0 Å². The number of hydrogen-bond donors (Lipinski definition) is 1. The molecule has 3 heteroatoms. The molecule has 1 nitrogen and oxygen atoms in total. The summed E-state index contributed by atoms with van der Waals surface area (Å²) in [6, 6.07) is 0. The first kappa shape index (κ1) is 38.7. The molecule has 0 saturated carbocycles. The molecule has 0 saturated heterocycles. The fourth-order valence-electron chi connectivity index (χ4n) is 5.52. The molecule has 0 spiro atoms. The van der Waals surface area contributed by atoms with E-state index in [1.165, 1.54) is 184 Å². The fourth-order valence-corrected chi connectivity index (χ4v) is 7.95. The molecule has 0 fully saturated rings. The van der Waals surface area contributed by atoms with Gasteiger partial charge >= 0.3 is 0 Å². The highest BCUT2D eigenvalue weighted by atomic mass is 32.2. The molecule has 0 bridgehead atoms. The summed E-state index contributed by atoms with van der Waals surface area (Å²) in [7, 11) is 0. The SMILES string of the molecule is CCCCCCCCCCCCSCC(CO)CCCC(CCC)CSCCCCCCCCCCCC. The molecular formula is C35H72OS2. The van der Waals surface area contributed by atoms with Crippen LogP contribution in [0.2, 0.25) is 0 Å². The van der Waals surface area contributed by atoms with Gasteiger partial charge in [0, 0.05) is 6.61 Å². The third-order valence-electron chi connectivity index (χ3n) is 8.17. The molecule has 230 valence electrons. The average Bonchev–Trinajstić information content (AvgIpc) is 2.93. The molecule has 0 aliphatic rings. The second-order valence-electron chi connectivity index (χ2n) is 12.1. The van der Waals surface area contributed by atoms with Crippen molar-refractivity contribution in [3.63, 3.8) is 0 Å². The van der Waals surface area contributed by atoms with Crippen LogP contribution < -0.4 is 0 Å². The molecule has 0 amide bonds. The first-order valence-electron chi connectivity index (χ1n) is 17.5. The highest BCUT2D eigenvalue weighted by Gasteiger charge is 2.12. The second kappa shape index (κ2) is 33.9. The van der Waals surface area contributed by atoms with E-state index < -0.39 is 0 Å². The van der Waals surface area contributed by atoms with Crippen LogP contribution in [0.1, 0.15) is 181 Å². The molecule has 0 aliphatic carbocycles. The molecule has 0 rings (SSSR count). The third kappa shape index (κ3) is 29.6. The molecule has 1 N–H and O–H groups in total. The van der Waals surface area contributed by atoms with Crippen molar-refractivity contribution in [3.05, 3.63) is 0 Å². The summed E-state index contributed by atoms with van der Waals surface area (Å²) in [6.07, 6.45) is 35.2. The van der Waals surface area contributed by atoms with Gasteiger partial charge < -0.3 is 5.11 Å². The maximum absolute atomic E-state index is 9.88. The number of hydrogen-bond acceptors (Lipinski definition) is 3. The monoisotopic (exact) mass is 573 g/mol. The first-order chi connectivity index (χ1) is 18.8. The van der Waals surface area contributed by atoms with Gasteiger partial charge in [0.1, 0.15) is 0 Å². The van der Waals surface area contributed by atoms with Crippen LogP contribution in [0.5, 0.6) is 0 Å². The van der Waals surface area contributed by atoms with E-state index in [9.17, 15) is 5.11 Å². The van der Waals surface area contributed by atoms with E-state index >= 15 is 0 Å². The lowest BCUT2D eigenvalue weighted by atomic mass is 9.96. The first-order valence-corrected chi connectivity index (χ1v) is 19.9. The Morgan fingerprint density at radius 2 is 0.763 bits per heavy atom. The van der Waals surface area contributed by atoms with Crippen molar-refractivity contribution in [1.82, 2.24) is 0 Å². The van der Waals surface area contributed by atoms with Crippen LogP contribution in [-0.2, 0) is 0 Å². The summed E-state index contributed by atoms with van der Waals surface area (Å²) in [5.74, 6) is 6.60. The Morgan fingerprint density at radius 3 is 1.16 bits per heavy atom. The van der Waals surface area contributed by atoms with Gasteiger partial charge in [-0.15, -0.1) is 0 Å². The number of aliphatic hydroxyl groups is 1. The van der Waals surface area contributed by atoms with Gasteiger partial charge in [-0.1, -0.05) is 149 Å². The highest BCUT2D eigenvalue weighted by Crippen LogP contribution is 2.24. The summed E-state index contributed by atoms with van der Waals surface area (Å²) in [5, 5.41) is 9.88. The van der Waals surface area contributed by atoms with E-state index in [4.69, 9.17) is 0 Å². The van der Waals surface area contributed by atoms with Gasteiger partial charge in [0.2, 0.25) is 0 Å². The van der Waals surface area contributed by atoms with Gasteiger partial charge in [-0.2, -0.15) is 23.5 Å². The van der Waals surface area contributed by atoms with Crippen molar-refractivity contribution < 1.29 is 5.11 Å². The average molecular weight is 573 g/mol. The van der Waals surface area contributed by atoms with Gasteiger partial charge in [-0.05, 0) is 67.0 Å². The molecule has 2 unspecified atom stereocenters. The molecular weight excluding hydrogens is 501 g/mol. The fraction of sp³-hybridized carbons (Fsp3) is 1.00. The summed E-state index contributed by atoms with van der Waals surface area (Å²) in [4.78, 5) is 0. The highest BCUT2D eigenvalue weighted by molar-refractivity contribution is 7.99. The van der Waals surface area contributed by atoms with Gasteiger partial charge in [-0.3, -0.25) is 0 Å². The lowest BCUT2D eigenvalue weighted by Gasteiger charge is -2.18. The molecule has 38 heavy (non-hydrogen) atoms. The number of aliphatic hydroxyl groups excluding tert-OH is 1. The zero-order valence-corrected chi connectivity index (χ0v) is 28.3. The Morgan fingerprint density at radius 1 is 0.395 bits per heavy atom. The van der Waals surface area contributed by atoms with E-state index in [0.29, 0.717) is 12.5 Å². The van der Waals surface area contributed by atoms with Gasteiger partial charge in [0.15, 0.2) is 0 Å². The largest absolute Gasteiger partial charge is 0.396 e. The molecule has 2 atom stereocenters. The van der Waals surface area contributed by atoms with Gasteiger partial charge in [0.05, 0.1) is 0 Å². The van der Waals surface area contributed by atoms with Crippen LogP contribution in [0.25, 0.3) is 0 Å².